The number of methoxy groups -OCH3 is 2. The minimum absolute atomic E-state index is 0. The Hall–Kier alpha value is -2.90. The van der Waals surface area contributed by atoms with Crippen LogP contribution < -0.4 is 44.1 Å². The zero-order chi connectivity index (χ0) is 22.7. The van der Waals surface area contributed by atoms with Crippen molar-refractivity contribution in [1.82, 2.24) is 0 Å². The van der Waals surface area contributed by atoms with E-state index in [1.165, 1.54) is 18.2 Å². The molecule has 4 rings (SSSR count). The van der Waals surface area contributed by atoms with Gasteiger partial charge in [-0.15, -0.1) is 11.3 Å². The molecule has 4 aromatic rings. The largest absolute Gasteiger partial charge is 1.00 e. The summed E-state index contributed by atoms with van der Waals surface area (Å²) >= 11 is 1.64. The predicted octanol–water partition coefficient (Wildman–Crippen LogP) is 1.85. The quantitative estimate of drug-likeness (QED) is 0.236. The number of allylic oxidation sites excluding steroid dienone is 1. The number of carboxylic acids is 1. The Morgan fingerprint density at radius 1 is 0.879 bits per heavy atom. The number of carbonyl (C=O) groups is 2. The van der Waals surface area contributed by atoms with Gasteiger partial charge in [-0.1, -0.05) is 42.5 Å². The Labute approximate surface area is 217 Å². The average Bonchev–Trinajstić information content (AvgIpc) is 3.26. The molecule has 0 atom stereocenters. The Morgan fingerprint density at radius 3 is 2.21 bits per heavy atom. The molecule has 0 spiro atoms. The smallest absolute Gasteiger partial charge is 0.545 e. The first-order valence-corrected chi connectivity index (χ1v) is 10.6. The van der Waals surface area contributed by atoms with Gasteiger partial charge < -0.3 is 19.4 Å². The fraction of sp³-hybridized carbons (Fsp3) is 0.0769. The van der Waals surface area contributed by atoms with Crippen LogP contribution in [0.1, 0.15) is 26.3 Å². The number of carbonyl (C=O) groups excluding carboxylic acids is 2. The third kappa shape index (κ3) is 5.20. The number of ketones is 1. The molecule has 3 aromatic carbocycles. The van der Waals surface area contributed by atoms with Gasteiger partial charge >= 0.3 is 29.6 Å². The molecule has 0 fully saturated rings. The second-order valence-corrected chi connectivity index (χ2v) is 8.06. The molecule has 7 heteroatoms. The van der Waals surface area contributed by atoms with Crippen LogP contribution in [0.2, 0.25) is 0 Å². The number of hydrogen-bond acceptors (Lipinski definition) is 6. The molecule has 0 saturated heterocycles. The minimum atomic E-state index is -1.39. The minimum Gasteiger partial charge on any atom is -0.545 e. The summed E-state index contributed by atoms with van der Waals surface area (Å²) in [4.78, 5) is 25.0. The zero-order valence-corrected chi connectivity index (χ0v) is 21.3. The van der Waals surface area contributed by atoms with E-state index < -0.39 is 11.8 Å². The summed E-state index contributed by atoms with van der Waals surface area (Å²) in [5, 5.41) is 12.5. The van der Waals surface area contributed by atoms with Gasteiger partial charge in [0, 0.05) is 37.9 Å². The van der Waals surface area contributed by atoms with Gasteiger partial charge in [0.15, 0.2) is 5.78 Å². The molecule has 0 aliphatic carbocycles. The number of ether oxygens (including phenoxy) is 2. The number of hydrogen-bond donors (Lipinski definition) is 0. The van der Waals surface area contributed by atoms with Crippen LogP contribution in [0.25, 0.3) is 26.6 Å². The van der Waals surface area contributed by atoms with E-state index in [1.54, 1.807) is 49.8 Å². The van der Waals surface area contributed by atoms with Crippen molar-refractivity contribution in [3.8, 4) is 21.9 Å². The molecule has 1 aromatic heterocycles. The van der Waals surface area contributed by atoms with Crippen molar-refractivity contribution in [3.05, 3.63) is 89.5 Å². The summed E-state index contributed by atoms with van der Waals surface area (Å²) < 4.78 is 12.2. The molecule has 0 saturated carbocycles. The SMILES string of the molecule is COc1cc(OC)c(-c2cc3ccccc3s2)cc1/C=C/C(=O)c1ccccc1C(=O)[O-].[Na+]. The summed E-state index contributed by atoms with van der Waals surface area (Å²) in [5.41, 5.74) is 1.47. The Morgan fingerprint density at radius 2 is 1.55 bits per heavy atom. The first-order chi connectivity index (χ1) is 15.5. The van der Waals surface area contributed by atoms with Crippen molar-refractivity contribution in [2.75, 3.05) is 14.2 Å². The molecule has 0 amide bonds. The van der Waals surface area contributed by atoms with E-state index in [2.05, 4.69) is 18.2 Å². The molecule has 0 aliphatic rings. The number of carboxylic acid groups (broad SMARTS) is 1. The van der Waals surface area contributed by atoms with Gasteiger partial charge in [0.05, 0.1) is 20.2 Å². The average molecular weight is 466 g/mol. The van der Waals surface area contributed by atoms with Crippen LogP contribution in [0.15, 0.2) is 72.8 Å². The summed E-state index contributed by atoms with van der Waals surface area (Å²) in [6, 6.07) is 19.9. The molecule has 0 unspecified atom stereocenters. The summed E-state index contributed by atoms with van der Waals surface area (Å²) in [5.74, 6) is -0.648. The number of aromatic carboxylic acids is 1. The van der Waals surface area contributed by atoms with Crippen LogP contribution >= 0.6 is 11.3 Å². The van der Waals surface area contributed by atoms with Crippen LogP contribution in [0.3, 0.4) is 0 Å². The Bertz CT molecular complexity index is 1320. The van der Waals surface area contributed by atoms with Gasteiger partial charge in [-0.05, 0) is 35.7 Å². The van der Waals surface area contributed by atoms with E-state index in [9.17, 15) is 14.7 Å². The Kier molecular flexibility index (Phi) is 8.10. The van der Waals surface area contributed by atoms with Gasteiger partial charge in [0.25, 0.3) is 0 Å². The molecule has 0 bridgehead atoms. The first-order valence-electron chi connectivity index (χ1n) is 9.79. The van der Waals surface area contributed by atoms with Gasteiger partial charge in [0.2, 0.25) is 0 Å². The molecule has 33 heavy (non-hydrogen) atoms. The number of rotatable bonds is 7. The maximum atomic E-state index is 12.7. The third-order valence-electron chi connectivity index (χ3n) is 5.07. The molecule has 0 aliphatic heterocycles. The van der Waals surface area contributed by atoms with E-state index in [-0.39, 0.29) is 40.7 Å². The molecule has 160 valence electrons. The number of benzene rings is 3. The molecule has 0 radical (unpaired) electrons. The standard InChI is InChI=1S/C26H20O5S.Na/c1-30-22-15-23(31-2)20(25-14-17-7-3-6-10-24(17)32-25)13-16(22)11-12-21(27)18-8-4-5-9-19(18)26(28)29;/h3-15H,1-2H3,(H,28,29);/q;+1/p-1/b12-11+;. The van der Waals surface area contributed by atoms with Crippen LogP contribution in [0.4, 0.5) is 0 Å². The van der Waals surface area contributed by atoms with Crippen LogP contribution in [-0.2, 0) is 0 Å². The van der Waals surface area contributed by atoms with Crippen molar-refractivity contribution in [3.63, 3.8) is 0 Å². The molecular formula is C26H19NaO5S. The van der Waals surface area contributed by atoms with Gasteiger partial charge in [0.1, 0.15) is 11.5 Å². The fourth-order valence-electron chi connectivity index (χ4n) is 3.49. The summed E-state index contributed by atoms with van der Waals surface area (Å²) in [6.45, 7) is 0. The van der Waals surface area contributed by atoms with Crippen molar-refractivity contribution in [2.45, 2.75) is 0 Å². The van der Waals surface area contributed by atoms with E-state index in [4.69, 9.17) is 9.47 Å². The van der Waals surface area contributed by atoms with Crippen molar-refractivity contribution in [1.29, 1.82) is 0 Å². The summed E-state index contributed by atoms with van der Waals surface area (Å²) in [7, 11) is 3.14. The monoisotopic (exact) mass is 466 g/mol. The van der Waals surface area contributed by atoms with Crippen LogP contribution in [0, 0.1) is 0 Å². The number of thiophene rings is 1. The second-order valence-electron chi connectivity index (χ2n) is 6.97. The van der Waals surface area contributed by atoms with Gasteiger partial charge in [-0.2, -0.15) is 0 Å². The summed E-state index contributed by atoms with van der Waals surface area (Å²) in [6.07, 6.45) is 2.95. The van der Waals surface area contributed by atoms with E-state index in [0.29, 0.717) is 17.1 Å². The van der Waals surface area contributed by atoms with Crippen molar-refractivity contribution in [2.24, 2.45) is 0 Å². The zero-order valence-electron chi connectivity index (χ0n) is 18.5. The molecule has 5 nitrogen and oxygen atoms in total. The second kappa shape index (κ2) is 10.8. The maximum absolute atomic E-state index is 12.7. The third-order valence-corrected chi connectivity index (χ3v) is 6.22. The number of fused-ring (bicyclic) bond motifs is 1. The fourth-order valence-corrected chi connectivity index (χ4v) is 4.58. The normalized spacial score (nSPS) is 10.7. The first kappa shape index (κ1) is 24.7. The molecule has 1 heterocycles. The van der Waals surface area contributed by atoms with E-state index in [0.717, 1.165) is 20.5 Å². The van der Waals surface area contributed by atoms with Gasteiger partial charge in [-0.3, -0.25) is 4.79 Å². The van der Waals surface area contributed by atoms with Crippen molar-refractivity contribution >= 4 is 39.3 Å². The van der Waals surface area contributed by atoms with Crippen LogP contribution in [0.5, 0.6) is 11.5 Å². The van der Waals surface area contributed by atoms with Gasteiger partial charge in [-0.25, -0.2) is 0 Å². The Balaban J connectivity index is 0.00000306. The molecule has 0 N–H and O–H groups in total. The topological polar surface area (TPSA) is 75.7 Å². The maximum Gasteiger partial charge on any atom is 1.00 e. The van der Waals surface area contributed by atoms with E-state index in [1.807, 2.05) is 18.2 Å². The van der Waals surface area contributed by atoms with Crippen molar-refractivity contribution < 1.29 is 53.7 Å². The van der Waals surface area contributed by atoms with Crippen LogP contribution in [-0.4, -0.2) is 26.0 Å². The van der Waals surface area contributed by atoms with E-state index >= 15 is 0 Å². The molecular weight excluding hydrogens is 447 g/mol. The predicted molar refractivity (Wildman–Crippen MR) is 125 cm³/mol.